The van der Waals surface area contributed by atoms with Crippen molar-refractivity contribution in [3.8, 4) is 5.75 Å². The van der Waals surface area contributed by atoms with Gasteiger partial charge in [0.05, 0.1) is 7.11 Å². The fourth-order valence-electron chi connectivity index (χ4n) is 1.57. The van der Waals surface area contributed by atoms with Crippen molar-refractivity contribution in [1.82, 2.24) is 0 Å². The summed E-state index contributed by atoms with van der Waals surface area (Å²) in [7, 11) is 1.63. The molecule has 1 aromatic rings. The Labute approximate surface area is 121 Å². The van der Waals surface area contributed by atoms with Crippen molar-refractivity contribution in [2.45, 2.75) is 20.3 Å². The zero-order valence-corrected chi connectivity index (χ0v) is 12.6. The third-order valence-corrected chi connectivity index (χ3v) is 2.52. The molecule has 0 bridgehead atoms. The Kier molecular flexibility index (Phi) is 7.50. The normalized spacial score (nSPS) is 11.7. The molecule has 0 fully saturated rings. The number of nitrogens with two attached hydrogens (primary N) is 1. The predicted octanol–water partition coefficient (Wildman–Crippen LogP) is 2.48. The fourth-order valence-corrected chi connectivity index (χ4v) is 1.57. The number of rotatable bonds is 8. The van der Waals surface area contributed by atoms with Crippen molar-refractivity contribution in [3.05, 3.63) is 24.3 Å². The Bertz CT molecular complexity index is 419. The molecule has 20 heavy (non-hydrogen) atoms. The van der Waals surface area contributed by atoms with Gasteiger partial charge in [-0.05, 0) is 24.5 Å². The molecule has 0 aliphatic carbocycles. The number of aliphatic imine (C=N–C) groups is 1. The minimum Gasteiger partial charge on any atom is -0.497 e. The first-order valence-electron chi connectivity index (χ1n) is 6.90. The maximum atomic E-state index is 5.82. The summed E-state index contributed by atoms with van der Waals surface area (Å²) in [5, 5.41) is 3.03. The molecule has 0 atom stereocenters. The lowest BCUT2D eigenvalue weighted by molar-refractivity contribution is 0.109. The molecule has 1 rings (SSSR count). The summed E-state index contributed by atoms with van der Waals surface area (Å²) in [5.74, 6) is 1.75. The van der Waals surface area contributed by atoms with E-state index in [2.05, 4.69) is 24.2 Å². The maximum Gasteiger partial charge on any atom is 0.193 e. The second-order valence-corrected chi connectivity index (χ2v) is 4.95. The van der Waals surface area contributed by atoms with Crippen LogP contribution >= 0.6 is 0 Å². The number of hydrogen-bond donors (Lipinski definition) is 2. The minimum atomic E-state index is 0.405. The third kappa shape index (κ3) is 6.99. The van der Waals surface area contributed by atoms with E-state index in [1.807, 2.05) is 24.3 Å². The quantitative estimate of drug-likeness (QED) is 0.436. The fraction of sp³-hybridized carbons (Fsp3) is 0.533. The van der Waals surface area contributed by atoms with Gasteiger partial charge in [-0.2, -0.15) is 0 Å². The van der Waals surface area contributed by atoms with Gasteiger partial charge in [0.15, 0.2) is 5.96 Å². The Hall–Kier alpha value is -1.75. The molecule has 0 spiro atoms. The van der Waals surface area contributed by atoms with Crippen molar-refractivity contribution >= 4 is 11.6 Å². The lowest BCUT2D eigenvalue weighted by Crippen LogP contribution is -2.23. The van der Waals surface area contributed by atoms with Gasteiger partial charge in [0.2, 0.25) is 0 Å². The largest absolute Gasteiger partial charge is 0.497 e. The number of nitrogens with zero attached hydrogens (tertiary/aromatic N) is 1. The van der Waals surface area contributed by atoms with Crippen molar-refractivity contribution in [2.24, 2.45) is 16.6 Å². The SMILES string of the molecule is COc1cccc(NC(N)=NCCCOCC(C)C)c1. The Balaban J connectivity index is 2.27. The first-order chi connectivity index (χ1) is 9.61. The highest BCUT2D eigenvalue weighted by atomic mass is 16.5. The average Bonchev–Trinajstić information content (AvgIpc) is 2.42. The van der Waals surface area contributed by atoms with E-state index in [1.54, 1.807) is 7.11 Å². The van der Waals surface area contributed by atoms with E-state index in [1.165, 1.54) is 0 Å². The number of guanidine groups is 1. The molecular weight excluding hydrogens is 254 g/mol. The number of hydrogen-bond acceptors (Lipinski definition) is 3. The monoisotopic (exact) mass is 279 g/mol. The lowest BCUT2D eigenvalue weighted by atomic mass is 10.2. The van der Waals surface area contributed by atoms with Crippen LogP contribution in [0, 0.1) is 5.92 Å². The van der Waals surface area contributed by atoms with E-state index in [0.29, 0.717) is 25.0 Å². The van der Waals surface area contributed by atoms with Crippen LogP contribution in [0.25, 0.3) is 0 Å². The highest BCUT2D eigenvalue weighted by molar-refractivity contribution is 5.92. The first kappa shape index (κ1) is 16.3. The molecule has 3 N–H and O–H groups in total. The molecule has 112 valence electrons. The zero-order valence-electron chi connectivity index (χ0n) is 12.6. The first-order valence-corrected chi connectivity index (χ1v) is 6.90. The number of nitrogens with one attached hydrogen (secondary N) is 1. The van der Waals surface area contributed by atoms with E-state index in [4.69, 9.17) is 15.2 Å². The summed E-state index contributed by atoms with van der Waals surface area (Å²) >= 11 is 0. The Morgan fingerprint density at radius 3 is 2.90 bits per heavy atom. The Morgan fingerprint density at radius 1 is 1.40 bits per heavy atom. The maximum absolute atomic E-state index is 5.82. The van der Waals surface area contributed by atoms with Gasteiger partial charge in [0, 0.05) is 31.5 Å². The molecule has 5 heteroatoms. The van der Waals surface area contributed by atoms with E-state index in [9.17, 15) is 0 Å². The standard InChI is InChI=1S/C15H25N3O2/c1-12(2)11-20-9-5-8-17-15(16)18-13-6-4-7-14(10-13)19-3/h4,6-7,10,12H,5,8-9,11H2,1-3H3,(H3,16,17,18). The summed E-state index contributed by atoms with van der Waals surface area (Å²) in [5.41, 5.74) is 6.68. The summed E-state index contributed by atoms with van der Waals surface area (Å²) in [6.45, 7) is 6.43. The summed E-state index contributed by atoms with van der Waals surface area (Å²) in [6, 6.07) is 7.56. The number of anilines is 1. The highest BCUT2D eigenvalue weighted by Crippen LogP contribution is 2.16. The predicted molar refractivity (Wildman–Crippen MR) is 83.4 cm³/mol. The number of benzene rings is 1. The van der Waals surface area contributed by atoms with Gasteiger partial charge in [-0.3, -0.25) is 4.99 Å². The molecule has 0 aromatic heterocycles. The number of ether oxygens (including phenoxy) is 2. The van der Waals surface area contributed by atoms with Gasteiger partial charge in [-0.25, -0.2) is 0 Å². The van der Waals surface area contributed by atoms with Crippen molar-refractivity contribution in [2.75, 3.05) is 32.2 Å². The molecule has 0 heterocycles. The molecule has 0 aliphatic heterocycles. The highest BCUT2D eigenvalue weighted by Gasteiger charge is 1.97. The topological polar surface area (TPSA) is 68.9 Å². The molecule has 0 unspecified atom stereocenters. The number of methoxy groups -OCH3 is 1. The van der Waals surface area contributed by atoms with Crippen LogP contribution in [0.4, 0.5) is 5.69 Å². The van der Waals surface area contributed by atoms with Crippen LogP contribution in [0.3, 0.4) is 0 Å². The van der Waals surface area contributed by atoms with E-state index >= 15 is 0 Å². The van der Waals surface area contributed by atoms with E-state index < -0.39 is 0 Å². The van der Waals surface area contributed by atoms with Crippen LogP contribution in [-0.2, 0) is 4.74 Å². The van der Waals surface area contributed by atoms with Crippen LogP contribution < -0.4 is 15.8 Å². The molecular formula is C15H25N3O2. The molecule has 0 saturated carbocycles. The van der Waals surface area contributed by atoms with Crippen LogP contribution in [0.5, 0.6) is 5.75 Å². The van der Waals surface area contributed by atoms with Crippen LogP contribution in [0.1, 0.15) is 20.3 Å². The van der Waals surface area contributed by atoms with Crippen LogP contribution in [0.2, 0.25) is 0 Å². The second kappa shape index (κ2) is 9.20. The van der Waals surface area contributed by atoms with E-state index in [0.717, 1.165) is 24.5 Å². The molecule has 5 nitrogen and oxygen atoms in total. The van der Waals surface area contributed by atoms with Gasteiger partial charge in [0.25, 0.3) is 0 Å². The molecule has 0 radical (unpaired) electrons. The minimum absolute atomic E-state index is 0.405. The molecule has 0 saturated heterocycles. The van der Waals surface area contributed by atoms with Gasteiger partial charge in [0.1, 0.15) is 5.75 Å². The smallest absolute Gasteiger partial charge is 0.193 e. The van der Waals surface area contributed by atoms with Crippen LogP contribution in [0.15, 0.2) is 29.3 Å². The molecule has 0 amide bonds. The summed E-state index contributed by atoms with van der Waals surface area (Å²) in [6.07, 6.45) is 0.868. The van der Waals surface area contributed by atoms with Crippen LogP contribution in [-0.4, -0.2) is 32.8 Å². The van der Waals surface area contributed by atoms with E-state index in [-0.39, 0.29) is 0 Å². The van der Waals surface area contributed by atoms with Gasteiger partial charge >= 0.3 is 0 Å². The van der Waals surface area contributed by atoms with Gasteiger partial charge in [-0.1, -0.05) is 19.9 Å². The average molecular weight is 279 g/mol. The third-order valence-electron chi connectivity index (χ3n) is 2.52. The zero-order chi connectivity index (χ0) is 14.8. The van der Waals surface area contributed by atoms with Gasteiger partial charge < -0.3 is 20.5 Å². The summed E-state index contributed by atoms with van der Waals surface area (Å²) in [4.78, 5) is 4.25. The van der Waals surface area contributed by atoms with Gasteiger partial charge in [-0.15, -0.1) is 0 Å². The van der Waals surface area contributed by atoms with Crippen molar-refractivity contribution in [3.63, 3.8) is 0 Å². The summed E-state index contributed by atoms with van der Waals surface area (Å²) < 4.78 is 10.6. The lowest BCUT2D eigenvalue weighted by Gasteiger charge is -2.08. The van der Waals surface area contributed by atoms with Crippen molar-refractivity contribution < 1.29 is 9.47 Å². The van der Waals surface area contributed by atoms with Crippen molar-refractivity contribution in [1.29, 1.82) is 0 Å². The molecule has 1 aromatic carbocycles. The Morgan fingerprint density at radius 2 is 2.20 bits per heavy atom. The second-order valence-electron chi connectivity index (χ2n) is 4.95. The molecule has 0 aliphatic rings.